The highest BCUT2D eigenvalue weighted by atomic mass is 16.2. The molecule has 1 unspecified atom stereocenters. The van der Waals surface area contributed by atoms with Gasteiger partial charge in [0.2, 0.25) is 5.91 Å². The van der Waals surface area contributed by atoms with E-state index < -0.39 is 0 Å². The maximum Gasteiger partial charge on any atom is 0.222 e. The van der Waals surface area contributed by atoms with Gasteiger partial charge in [-0.15, -0.1) is 0 Å². The van der Waals surface area contributed by atoms with E-state index in [2.05, 4.69) is 6.07 Å². The van der Waals surface area contributed by atoms with Crippen molar-refractivity contribution in [2.75, 3.05) is 19.3 Å². The molecular formula is C14H19N3O. The van der Waals surface area contributed by atoms with Gasteiger partial charge in [-0.3, -0.25) is 4.79 Å². The SMILES string of the molecule is CC(C#N)CN(C)C(=O)CCc1cccc(N)c1. The predicted molar refractivity (Wildman–Crippen MR) is 71.6 cm³/mol. The molecule has 96 valence electrons. The average Bonchev–Trinajstić information content (AvgIpc) is 2.35. The average molecular weight is 245 g/mol. The van der Waals surface area contributed by atoms with Crippen LogP contribution in [0.15, 0.2) is 24.3 Å². The monoisotopic (exact) mass is 245 g/mol. The number of anilines is 1. The lowest BCUT2D eigenvalue weighted by Gasteiger charge is -2.18. The number of nitrogen functional groups attached to an aromatic ring is 1. The number of aryl methyl sites for hydroxylation is 1. The molecule has 2 N–H and O–H groups in total. The van der Waals surface area contributed by atoms with Crippen LogP contribution < -0.4 is 5.73 Å². The van der Waals surface area contributed by atoms with Crippen molar-refractivity contribution in [2.45, 2.75) is 19.8 Å². The minimum absolute atomic E-state index is 0.0551. The highest BCUT2D eigenvalue weighted by molar-refractivity contribution is 5.76. The summed E-state index contributed by atoms with van der Waals surface area (Å²) in [5, 5.41) is 8.70. The first-order chi connectivity index (χ1) is 8.52. The lowest BCUT2D eigenvalue weighted by atomic mass is 10.1. The molecule has 1 aromatic rings. The van der Waals surface area contributed by atoms with Crippen LogP contribution in [0.25, 0.3) is 0 Å². The molecule has 1 amide bonds. The summed E-state index contributed by atoms with van der Waals surface area (Å²) in [4.78, 5) is 13.4. The Morgan fingerprint density at radius 1 is 1.56 bits per heavy atom. The van der Waals surface area contributed by atoms with Crippen LogP contribution in [0.1, 0.15) is 18.9 Å². The van der Waals surface area contributed by atoms with Crippen molar-refractivity contribution < 1.29 is 4.79 Å². The van der Waals surface area contributed by atoms with Gasteiger partial charge in [-0.1, -0.05) is 12.1 Å². The largest absolute Gasteiger partial charge is 0.399 e. The molecular weight excluding hydrogens is 226 g/mol. The quantitative estimate of drug-likeness (QED) is 0.804. The summed E-state index contributed by atoms with van der Waals surface area (Å²) in [5.74, 6) is -0.0779. The molecule has 0 aromatic heterocycles. The van der Waals surface area contributed by atoms with Gasteiger partial charge >= 0.3 is 0 Å². The molecule has 0 radical (unpaired) electrons. The van der Waals surface area contributed by atoms with E-state index in [0.717, 1.165) is 5.56 Å². The van der Waals surface area contributed by atoms with Gasteiger partial charge in [0.05, 0.1) is 12.0 Å². The molecule has 0 spiro atoms. The topological polar surface area (TPSA) is 70.1 Å². The third-order valence-electron chi connectivity index (χ3n) is 2.77. The Kier molecular flexibility index (Phi) is 5.19. The minimum Gasteiger partial charge on any atom is -0.399 e. The lowest BCUT2D eigenvalue weighted by Crippen LogP contribution is -2.30. The fourth-order valence-electron chi connectivity index (χ4n) is 1.74. The van der Waals surface area contributed by atoms with E-state index in [4.69, 9.17) is 11.0 Å². The van der Waals surface area contributed by atoms with Crippen molar-refractivity contribution in [2.24, 2.45) is 5.92 Å². The fourth-order valence-corrected chi connectivity index (χ4v) is 1.74. The molecule has 1 rings (SSSR count). The minimum atomic E-state index is -0.133. The number of hydrogen-bond donors (Lipinski definition) is 1. The molecule has 0 saturated carbocycles. The number of amides is 1. The highest BCUT2D eigenvalue weighted by Gasteiger charge is 2.11. The van der Waals surface area contributed by atoms with Crippen LogP contribution in [-0.2, 0) is 11.2 Å². The van der Waals surface area contributed by atoms with Crippen molar-refractivity contribution >= 4 is 11.6 Å². The second-order valence-electron chi connectivity index (χ2n) is 4.55. The number of benzene rings is 1. The first kappa shape index (κ1) is 14.0. The van der Waals surface area contributed by atoms with Gasteiger partial charge in [-0.2, -0.15) is 5.26 Å². The maximum atomic E-state index is 11.8. The van der Waals surface area contributed by atoms with Gasteiger partial charge in [0.1, 0.15) is 0 Å². The zero-order chi connectivity index (χ0) is 13.5. The Morgan fingerprint density at radius 2 is 2.28 bits per heavy atom. The van der Waals surface area contributed by atoms with Crippen molar-refractivity contribution in [3.63, 3.8) is 0 Å². The summed E-state index contributed by atoms with van der Waals surface area (Å²) in [5.41, 5.74) is 7.45. The molecule has 0 aliphatic carbocycles. The van der Waals surface area contributed by atoms with E-state index >= 15 is 0 Å². The van der Waals surface area contributed by atoms with Crippen molar-refractivity contribution in [1.82, 2.24) is 4.90 Å². The summed E-state index contributed by atoms with van der Waals surface area (Å²) in [6.07, 6.45) is 1.12. The zero-order valence-electron chi connectivity index (χ0n) is 10.9. The molecule has 0 bridgehead atoms. The zero-order valence-corrected chi connectivity index (χ0v) is 10.9. The Morgan fingerprint density at radius 3 is 2.89 bits per heavy atom. The van der Waals surface area contributed by atoms with E-state index in [0.29, 0.717) is 25.1 Å². The van der Waals surface area contributed by atoms with E-state index in [-0.39, 0.29) is 11.8 Å². The van der Waals surface area contributed by atoms with Crippen LogP contribution in [0.3, 0.4) is 0 Å². The van der Waals surface area contributed by atoms with Gasteiger partial charge in [0.25, 0.3) is 0 Å². The van der Waals surface area contributed by atoms with Crippen LogP contribution >= 0.6 is 0 Å². The van der Waals surface area contributed by atoms with Gasteiger partial charge < -0.3 is 10.6 Å². The Bertz CT molecular complexity index is 451. The van der Waals surface area contributed by atoms with E-state index in [1.807, 2.05) is 31.2 Å². The third-order valence-corrected chi connectivity index (χ3v) is 2.77. The van der Waals surface area contributed by atoms with E-state index in [1.165, 1.54) is 0 Å². The standard InChI is InChI=1S/C14H19N3O/c1-11(9-15)10-17(2)14(18)7-6-12-4-3-5-13(16)8-12/h3-5,8,11H,6-7,10,16H2,1-2H3. The molecule has 1 atom stereocenters. The number of nitrogens with zero attached hydrogens (tertiary/aromatic N) is 2. The number of carbonyl (C=O) groups excluding carboxylic acids is 1. The third kappa shape index (κ3) is 4.46. The Labute approximate surface area is 108 Å². The van der Waals surface area contributed by atoms with Crippen molar-refractivity contribution in [3.05, 3.63) is 29.8 Å². The normalized spacial score (nSPS) is 11.6. The summed E-state index contributed by atoms with van der Waals surface area (Å²) < 4.78 is 0. The van der Waals surface area contributed by atoms with Crippen molar-refractivity contribution in [3.8, 4) is 6.07 Å². The molecule has 4 nitrogen and oxygen atoms in total. The second kappa shape index (κ2) is 6.65. The van der Waals surface area contributed by atoms with Crippen LogP contribution in [0.4, 0.5) is 5.69 Å². The number of carbonyl (C=O) groups is 1. The van der Waals surface area contributed by atoms with Crippen molar-refractivity contribution in [1.29, 1.82) is 5.26 Å². The lowest BCUT2D eigenvalue weighted by molar-refractivity contribution is -0.130. The van der Waals surface area contributed by atoms with Gasteiger partial charge in [-0.05, 0) is 31.0 Å². The molecule has 1 aromatic carbocycles. The Hall–Kier alpha value is -2.02. The van der Waals surface area contributed by atoms with Crippen LogP contribution in [-0.4, -0.2) is 24.4 Å². The molecule has 0 fully saturated rings. The van der Waals surface area contributed by atoms with Gasteiger partial charge in [-0.25, -0.2) is 0 Å². The van der Waals surface area contributed by atoms with E-state index in [9.17, 15) is 4.79 Å². The number of nitrogens with two attached hydrogens (primary N) is 1. The fraction of sp³-hybridized carbons (Fsp3) is 0.429. The van der Waals surface area contributed by atoms with Gasteiger partial charge in [0, 0.05) is 25.7 Å². The van der Waals surface area contributed by atoms with Crippen LogP contribution in [0, 0.1) is 17.2 Å². The molecule has 0 aliphatic rings. The number of nitriles is 1. The summed E-state index contributed by atoms with van der Waals surface area (Å²) >= 11 is 0. The predicted octanol–water partition coefficient (Wildman–Crippen LogP) is 1.82. The summed E-state index contributed by atoms with van der Waals surface area (Å²) in [6.45, 7) is 2.29. The van der Waals surface area contributed by atoms with Gasteiger partial charge in [0.15, 0.2) is 0 Å². The first-order valence-corrected chi connectivity index (χ1v) is 6.01. The number of rotatable bonds is 5. The van der Waals surface area contributed by atoms with E-state index in [1.54, 1.807) is 11.9 Å². The molecule has 0 saturated heterocycles. The number of hydrogen-bond acceptors (Lipinski definition) is 3. The van der Waals surface area contributed by atoms with Crippen LogP contribution in [0.2, 0.25) is 0 Å². The molecule has 4 heteroatoms. The molecule has 0 heterocycles. The smallest absolute Gasteiger partial charge is 0.222 e. The van der Waals surface area contributed by atoms with Crippen LogP contribution in [0.5, 0.6) is 0 Å². The molecule has 0 aliphatic heterocycles. The second-order valence-corrected chi connectivity index (χ2v) is 4.55. The first-order valence-electron chi connectivity index (χ1n) is 6.01. The Balaban J connectivity index is 2.44. The maximum absolute atomic E-state index is 11.8. The molecule has 18 heavy (non-hydrogen) atoms. The summed E-state index contributed by atoms with van der Waals surface area (Å²) in [6, 6.07) is 9.67. The summed E-state index contributed by atoms with van der Waals surface area (Å²) in [7, 11) is 1.73. The highest BCUT2D eigenvalue weighted by Crippen LogP contribution is 2.09.